The summed E-state index contributed by atoms with van der Waals surface area (Å²) in [5.74, 6) is 0. The van der Waals surface area contributed by atoms with E-state index in [1.165, 1.54) is 16.7 Å². The highest BCUT2D eigenvalue weighted by Crippen LogP contribution is 2.19. The SMILES string of the molecule is Cc1ccc(/C=C/C=C(\S)c2cccc(C)c2)cc1. The maximum absolute atomic E-state index is 4.54. The van der Waals surface area contributed by atoms with Crippen LogP contribution in [0.4, 0.5) is 0 Å². The van der Waals surface area contributed by atoms with Crippen molar-refractivity contribution in [2.24, 2.45) is 0 Å². The van der Waals surface area contributed by atoms with Gasteiger partial charge in [-0.25, -0.2) is 0 Å². The molecule has 0 aromatic heterocycles. The minimum Gasteiger partial charge on any atom is -0.143 e. The van der Waals surface area contributed by atoms with E-state index in [4.69, 9.17) is 0 Å². The van der Waals surface area contributed by atoms with Crippen LogP contribution in [0.1, 0.15) is 22.3 Å². The number of aryl methyl sites for hydroxylation is 2. The number of hydrogen-bond donors (Lipinski definition) is 1. The molecule has 0 amide bonds. The monoisotopic (exact) mass is 266 g/mol. The standard InChI is InChI=1S/C18H18S/c1-14-9-11-16(12-10-14)6-4-8-18(19)17-7-3-5-15(2)13-17/h3-13,19H,1-2H3/b6-4+,18-8-. The maximum atomic E-state index is 4.54. The largest absolute Gasteiger partial charge is 0.143 e. The Bertz CT molecular complexity index is 604. The van der Waals surface area contributed by atoms with Crippen LogP contribution in [0.15, 0.2) is 60.7 Å². The second kappa shape index (κ2) is 6.44. The molecule has 96 valence electrons. The zero-order valence-corrected chi connectivity index (χ0v) is 12.2. The van der Waals surface area contributed by atoms with Crippen LogP contribution in [0.2, 0.25) is 0 Å². The van der Waals surface area contributed by atoms with Crippen molar-refractivity contribution in [3.63, 3.8) is 0 Å². The van der Waals surface area contributed by atoms with Gasteiger partial charge in [-0.3, -0.25) is 0 Å². The molecule has 0 atom stereocenters. The summed E-state index contributed by atoms with van der Waals surface area (Å²) in [5, 5.41) is 0. The summed E-state index contributed by atoms with van der Waals surface area (Å²) in [7, 11) is 0. The number of rotatable bonds is 3. The second-order valence-electron chi connectivity index (χ2n) is 4.69. The molecule has 0 aliphatic rings. The average Bonchev–Trinajstić information content (AvgIpc) is 2.41. The van der Waals surface area contributed by atoms with Gasteiger partial charge in [0.05, 0.1) is 0 Å². The maximum Gasteiger partial charge on any atom is 0.0113 e. The molecule has 0 fully saturated rings. The molecular formula is C18H18S. The molecule has 0 aliphatic carbocycles. The Balaban J connectivity index is 2.11. The van der Waals surface area contributed by atoms with E-state index in [-0.39, 0.29) is 0 Å². The van der Waals surface area contributed by atoms with Gasteiger partial charge in [0.15, 0.2) is 0 Å². The Kier molecular flexibility index (Phi) is 4.64. The molecular weight excluding hydrogens is 248 g/mol. The van der Waals surface area contributed by atoms with Crippen LogP contribution in [0, 0.1) is 13.8 Å². The fraction of sp³-hybridized carbons (Fsp3) is 0.111. The van der Waals surface area contributed by atoms with Crippen LogP contribution in [0.25, 0.3) is 11.0 Å². The summed E-state index contributed by atoms with van der Waals surface area (Å²) in [6, 6.07) is 16.8. The van der Waals surface area contributed by atoms with Gasteiger partial charge in [-0.2, -0.15) is 0 Å². The lowest BCUT2D eigenvalue weighted by Gasteiger charge is -2.00. The van der Waals surface area contributed by atoms with Gasteiger partial charge in [-0.15, -0.1) is 12.6 Å². The molecule has 19 heavy (non-hydrogen) atoms. The van der Waals surface area contributed by atoms with Crippen LogP contribution < -0.4 is 0 Å². The van der Waals surface area contributed by atoms with Gasteiger partial charge in [0.25, 0.3) is 0 Å². The van der Waals surface area contributed by atoms with Crippen molar-refractivity contribution in [1.29, 1.82) is 0 Å². The Labute approximate surface area is 120 Å². The molecule has 2 rings (SSSR count). The molecule has 0 saturated carbocycles. The molecule has 2 aromatic carbocycles. The third kappa shape index (κ3) is 4.15. The molecule has 0 heterocycles. The molecule has 0 bridgehead atoms. The van der Waals surface area contributed by atoms with Crippen LogP contribution in [-0.2, 0) is 0 Å². The third-order valence-corrected chi connectivity index (χ3v) is 3.34. The van der Waals surface area contributed by atoms with E-state index in [0.29, 0.717) is 0 Å². The summed E-state index contributed by atoms with van der Waals surface area (Å²) >= 11 is 4.54. The highest BCUT2D eigenvalue weighted by Gasteiger charge is 1.94. The first-order chi connectivity index (χ1) is 9.15. The third-order valence-electron chi connectivity index (χ3n) is 2.93. The minimum atomic E-state index is 0.979. The smallest absolute Gasteiger partial charge is 0.0113 e. The van der Waals surface area contributed by atoms with Crippen molar-refractivity contribution >= 4 is 23.6 Å². The molecule has 0 N–H and O–H groups in total. The predicted molar refractivity (Wildman–Crippen MR) is 88.4 cm³/mol. The Morgan fingerprint density at radius 1 is 0.947 bits per heavy atom. The van der Waals surface area contributed by atoms with Crippen LogP contribution in [0.5, 0.6) is 0 Å². The molecule has 0 aliphatic heterocycles. The van der Waals surface area contributed by atoms with Crippen LogP contribution in [-0.4, -0.2) is 0 Å². The first-order valence-electron chi connectivity index (χ1n) is 6.36. The van der Waals surface area contributed by atoms with Crippen molar-refractivity contribution < 1.29 is 0 Å². The zero-order valence-electron chi connectivity index (χ0n) is 11.3. The lowest BCUT2D eigenvalue weighted by atomic mass is 10.1. The van der Waals surface area contributed by atoms with E-state index in [1.807, 2.05) is 12.2 Å². The van der Waals surface area contributed by atoms with Crippen molar-refractivity contribution in [3.05, 3.63) is 82.9 Å². The van der Waals surface area contributed by atoms with Crippen molar-refractivity contribution in [2.75, 3.05) is 0 Å². The summed E-state index contributed by atoms with van der Waals surface area (Å²) < 4.78 is 0. The molecule has 1 heteroatoms. The summed E-state index contributed by atoms with van der Waals surface area (Å²) in [4.78, 5) is 0.979. The van der Waals surface area contributed by atoms with E-state index in [9.17, 15) is 0 Å². The summed E-state index contributed by atoms with van der Waals surface area (Å²) in [6.07, 6.45) is 6.15. The topological polar surface area (TPSA) is 0 Å². The van der Waals surface area contributed by atoms with E-state index in [1.54, 1.807) is 0 Å². The number of benzene rings is 2. The molecule has 0 radical (unpaired) electrons. The zero-order chi connectivity index (χ0) is 13.7. The molecule has 0 nitrogen and oxygen atoms in total. The van der Waals surface area contributed by atoms with Crippen molar-refractivity contribution in [1.82, 2.24) is 0 Å². The Morgan fingerprint density at radius 3 is 2.37 bits per heavy atom. The summed E-state index contributed by atoms with van der Waals surface area (Å²) in [6.45, 7) is 4.18. The quantitative estimate of drug-likeness (QED) is 0.566. The average molecular weight is 266 g/mol. The van der Waals surface area contributed by atoms with Crippen molar-refractivity contribution in [3.8, 4) is 0 Å². The molecule has 0 unspecified atom stereocenters. The number of hydrogen-bond acceptors (Lipinski definition) is 1. The highest BCUT2D eigenvalue weighted by molar-refractivity contribution is 7.90. The first kappa shape index (κ1) is 13.7. The van der Waals surface area contributed by atoms with E-state index >= 15 is 0 Å². The fourth-order valence-electron chi connectivity index (χ4n) is 1.83. The fourth-order valence-corrected chi connectivity index (χ4v) is 2.05. The molecule has 0 spiro atoms. The first-order valence-corrected chi connectivity index (χ1v) is 6.81. The van der Waals surface area contributed by atoms with Crippen LogP contribution >= 0.6 is 12.6 Å². The van der Waals surface area contributed by atoms with Gasteiger partial charge in [-0.1, -0.05) is 71.8 Å². The van der Waals surface area contributed by atoms with E-state index < -0.39 is 0 Å². The normalized spacial score (nSPS) is 12.1. The Morgan fingerprint density at radius 2 is 1.68 bits per heavy atom. The number of thiol groups is 1. The van der Waals surface area contributed by atoms with Gasteiger partial charge < -0.3 is 0 Å². The summed E-state index contributed by atoms with van der Waals surface area (Å²) in [5.41, 5.74) is 4.88. The van der Waals surface area contributed by atoms with Gasteiger partial charge in [-0.05, 0) is 31.1 Å². The van der Waals surface area contributed by atoms with Crippen molar-refractivity contribution in [2.45, 2.75) is 13.8 Å². The van der Waals surface area contributed by atoms with Gasteiger partial charge >= 0.3 is 0 Å². The Hall–Kier alpha value is -1.73. The molecule has 2 aromatic rings. The lowest BCUT2D eigenvalue weighted by molar-refractivity contribution is 1.46. The highest BCUT2D eigenvalue weighted by atomic mass is 32.1. The van der Waals surface area contributed by atoms with Gasteiger partial charge in [0.2, 0.25) is 0 Å². The lowest BCUT2D eigenvalue weighted by Crippen LogP contribution is -1.78. The van der Waals surface area contributed by atoms with E-state index in [2.05, 4.69) is 81.1 Å². The second-order valence-corrected chi connectivity index (χ2v) is 5.17. The number of allylic oxidation sites excluding steroid dienone is 2. The minimum absolute atomic E-state index is 0.979. The van der Waals surface area contributed by atoms with Crippen LogP contribution in [0.3, 0.4) is 0 Å². The van der Waals surface area contributed by atoms with E-state index in [0.717, 1.165) is 10.5 Å². The predicted octanol–water partition coefficient (Wildman–Crippen LogP) is 5.29. The molecule has 0 saturated heterocycles. The van der Waals surface area contributed by atoms with Gasteiger partial charge in [0.1, 0.15) is 0 Å². The van der Waals surface area contributed by atoms with Gasteiger partial charge in [0, 0.05) is 4.91 Å².